The number of thioether (sulfide) groups is 1. The summed E-state index contributed by atoms with van der Waals surface area (Å²) < 4.78 is 0.277. The van der Waals surface area contributed by atoms with Crippen molar-refractivity contribution in [2.45, 2.75) is 36.9 Å². The summed E-state index contributed by atoms with van der Waals surface area (Å²) in [5, 5.41) is 4.29. The number of rotatable bonds is 5. The smallest absolute Gasteiger partial charge is 0.161 e. The third kappa shape index (κ3) is 3.64. The van der Waals surface area contributed by atoms with Crippen molar-refractivity contribution in [1.29, 1.82) is 0 Å². The molecule has 7 heteroatoms. The van der Waals surface area contributed by atoms with Crippen LogP contribution in [0.25, 0.3) is 0 Å². The highest BCUT2D eigenvalue weighted by Gasteiger charge is 2.31. The lowest BCUT2D eigenvalue weighted by Gasteiger charge is -2.36. The first-order valence-electron chi connectivity index (χ1n) is 6.72. The Morgan fingerprint density at radius 3 is 2.50 bits per heavy atom. The number of halogens is 2. The average molecular weight is 335 g/mol. The summed E-state index contributed by atoms with van der Waals surface area (Å²) in [6.45, 7) is 0.854. The molecule has 0 amide bonds. The van der Waals surface area contributed by atoms with Gasteiger partial charge in [0.1, 0.15) is 5.82 Å². The number of hydrogen-bond donors (Lipinski definition) is 3. The van der Waals surface area contributed by atoms with E-state index in [0.717, 1.165) is 6.54 Å². The lowest BCUT2D eigenvalue weighted by molar-refractivity contribution is 0.411. The van der Waals surface area contributed by atoms with Gasteiger partial charge < -0.3 is 10.7 Å². The molecule has 0 aromatic carbocycles. The van der Waals surface area contributed by atoms with Crippen molar-refractivity contribution in [3.05, 3.63) is 16.1 Å². The molecule has 1 saturated carbocycles. The first-order chi connectivity index (χ1) is 9.60. The molecule has 1 aromatic rings. The summed E-state index contributed by atoms with van der Waals surface area (Å²) in [5.41, 5.74) is 2.48. The van der Waals surface area contributed by atoms with Gasteiger partial charge in [0.2, 0.25) is 0 Å². The minimum absolute atomic E-state index is 0.277. The predicted molar refractivity (Wildman–Crippen MR) is 89.9 cm³/mol. The Hall–Kier alpha value is -0.360. The number of nitrogens with one attached hydrogen (secondary N) is 2. The normalized spacial score (nSPS) is 17.8. The largest absolute Gasteiger partial charge is 0.367 e. The number of hydrogen-bond acceptors (Lipinski definition) is 5. The number of aromatic nitrogens is 1. The molecule has 4 N–H and O–H groups in total. The molecule has 0 atom stereocenters. The second-order valence-corrected chi connectivity index (χ2v) is 7.18. The second-order valence-electron chi connectivity index (χ2n) is 5.09. The maximum Gasteiger partial charge on any atom is 0.161 e. The minimum atomic E-state index is 0.277. The number of anilines is 2. The van der Waals surface area contributed by atoms with E-state index in [2.05, 4.69) is 22.0 Å². The molecule has 4 nitrogen and oxygen atoms in total. The highest BCUT2D eigenvalue weighted by molar-refractivity contribution is 8.00. The van der Waals surface area contributed by atoms with E-state index in [0.29, 0.717) is 21.7 Å². The molecule has 1 aliphatic rings. The van der Waals surface area contributed by atoms with Crippen molar-refractivity contribution >= 4 is 46.6 Å². The summed E-state index contributed by atoms with van der Waals surface area (Å²) in [6, 6.07) is 1.65. The van der Waals surface area contributed by atoms with Gasteiger partial charge in [-0.3, -0.25) is 0 Å². The van der Waals surface area contributed by atoms with Crippen molar-refractivity contribution in [2.24, 2.45) is 5.84 Å². The Morgan fingerprint density at radius 2 is 1.90 bits per heavy atom. The molecule has 0 unspecified atom stereocenters. The van der Waals surface area contributed by atoms with Crippen molar-refractivity contribution in [2.75, 3.05) is 23.5 Å². The van der Waals surface area contributed by atoms with E-state index in [9.17, 15) is 0 Å². The molecule has 0 spiro atoms. The topological polar surface area (TPSA) is 63.0 Å². The predicted octanol–water partition coefficient (Wildman–Crippen LogP) is 4.15. The first kappa shape index (κ1) is 16.0. The Bertz CT molecular complexity index is 464. The molecule has 2 rings (SSSR count). The number of hydrazine groups is 1. The van der Waals surface area contributed by atoms with Crippen molar-refractivity contribution < 1.29 is 0 Å². The van der Waals surface area contributed by atoms with E-state index in [1.165, 1.54) is 32.1 Å². The van der Waals surface area contributed by atoms with Gasteiger partial charge in [-0.05, 0) is 25.2 Å². The first-order valence-corrected chi connectivity index (χ1v) is 8.70. The minimum Gasteiger partial charge on any atom is -0.367 e. The third-order valence-corrected chi connectivity index (χ3v) is 5.84. The van der Waals surface area contributed by atoms with E-state index in [-0.39, 0.29) is 4.75 Å². The van der Waals surface area contributed by atoms with E-state index >= 15 is 0 Å². The number of pyridine rings is 1. The van der Waals surface area contributed by atoms with Gasteiger partial charge in [-0.15, -0.1) is 0 Å². The van der Waals surface area contributed by atoms with E-state index in [1.54, 1.807) is 6.07 Å². The van der Waals surface area contributed by atoms with E-state index < -0.39 is 0 Å². The van der Waals surface area contributed by atoms with Gasteiger partial charge in [0.05, 0.1) is 10.0 Å². The van der Waals surface area contributed by atoms with Crippen LogP contribution in [-0.4, -0.2) is 22.5 Å². The van der Waals surface area contributed by atoms with Gasteiger partial charge in [-0.1, -0.05) is 42.5 Å². The Labute approximate surface area is 134 Å². The van der Waals surface area contributed by atoms with Gasteiger partial charge >= 0.3 is 0 Å². The molecule has 112 valence electrons. The van der Waals surface area contributed by atoms with Gasteiger partial charge in [0.15, 0.2) is 5.82 Å². The maximum atomic E-state index is 6.18. The third-order valence-electron chi connectivity index (χ3n) is 3.84. The van der Waals surface area contributed by atoms with Crippen LogP contribution in [0.4, 0.5) is 11.6 Å². The van der Waals surface area contributed by atoms with Crippen LogP contribution in [0.5, 0.6) is 0 Å². The van der Waals surface area contributed by atoms with Gasteiger partial charge in [0, 0.05) is 11.3 Å². The molecular weight excluding hydrogens is 315 g/mol. The molecular formula is C13H20Cl2N4S. The molecule has 0 bridgehead atoms. The lowest BCUT2D eigenvalue weighted by Crippen LogP contribution is -2.35. The number of nitrogens with zero attached hydrogens (tertiary/aromatic N) is 1. The summed E-state index contributed by atoms with van der Waals surface area (Å²) in [4.78, 5) is 4.32. The van der Waals surface area contributed by atoms with Crippen molar-refractivity contribution in [1.82, 2.24) is 4.98 Å². The van der Waals surface area contributed by atoms with Crippen LogP contribution in [0.15, 0.2) is 6.07 Å². The fourth-order valence-electron chi connectivity index (χ4n) is 2.59. The van der Waals surface area contributed by atoms with E-state index in [1.807, 2.05) is 11.8 Å². The highest BCUT2D eigenvalue weighted by Crippen LogP contribution is 2.39. The zero-order valence-corrected chi connectivity index (χ0v) is 13.8. The fraction of sp³-hybridized carbons (Fsp3) is 0.615. The molecule has 0 aliphatic heterocycles. The van der Waals surface area contributed by atoms with Crippen molar-refractivity contribution in [3.63, 3.8) is 0 Å². The molecule has 1 fully saturated rings. The average Bonchev–Trinajstić information content (AvgIpc) is 2.47. The van der Waals surface area contributed by atoms with Gasteiger partial charge in [-0.25, -0.2) is 10.8 Å². The van der Waals surface area contributed by atoms with Gasteiger partial charge in [0.25, 0.3) is 0 Å². The van der Waals surface area contributed by atoms with Crippen LogP contribution >= 0.6 is 35.0 Å². The summed E-state index contributed by atoms with van der Waals surface area (Å²) >= 11 is 14.1. The quantitative estimate of drug-likeness (QED) is 0.557. The zero-order valence-electron chi connectivity index (χ0n) is 11.5. The Balaban J connectivity index is 2.09. The van der Waals surface area contributed by atoms with Crippen LogP contribution in [0.3, 0.4) is 0 Å². The van der Waals surface area contributed by atoms with Crippen molar-refractivity contribution in [3.8, 4) is 0 Å². The monoisotopic (exact) mass is 334 g/mol. The Morgan fingerprint density at radius 1 is 1.25 bits per heavy atom. The summed E-state index contributed by atoms with van der Waals surface area (Å²) in [5.74, 6) is 6.45. The SMILES string of the molecule is CSC1(CNc2nc(NN)c(Cl)cc2Cl)CCCCC1. The number of nitrogen functional groups attached to an aromatic ring is 1. The van der Waals surface area contributed by atoms with Crippen LogP contribution in [0.1, 0.15) is 32.1 Å². The zero-order chi connectivity index (χ0) is 14.6. The molecule has 0 radical (unpaired) electrons. The van der Waals surface area contributed by atoms with Crippen LogP contribution < -0.4 is 16.6 Å². The summed E-state index contributed by atoms with van der Waals surface area (Å²) in [6.07, 6.45) is 8.56. The molecule has 1 aromatic heterocycles. The maximum absolute atomic E-state index is 6.18. The van der Waals surface area contributed by atoms with Crippen LogP contribution in [0.2, 0.25) is 10.0 Å². The highest BCUT2D eigenvalue weighted by atomic mass is 35.5. The van der Waals surface area contributed by atoms with Crippen LogP contribution in [-0.2, 0) is 0 Å². The molecule has 1 heterocycles. The van der Waals surface area contributed by atoms with Gasteiger partial charge in [-0.2, -0.15) is 11.8 Å². The number of nitrogens with two attached hydrogens (primary N) is 1. The second kappa shape index (κ2) is 7.07. The fourth-order valence-corrected chi connectivity index (χ4v) is 3.98. The molecule has 20 heavy (non-hydrogen) atoms. The lowest BCUT2D eigenvalue weighted by atomic mass is 9.88. The Kier molecular flexibility index (Phi) is 5.66. The molecule has 1 aliphatic carbocycles. The van der Waals surface area contributed by atoms with E-state index in [4.69, 9.17) is 29.0 Å². The molecule has 0 saturated heterocycles. The summed E-state index contributed by atoms with van der Waals surface area (Å²) in [7, 11) is 0. The standard InChI is InChI=1S/C13H20Cl2N4S/c1-20-13(5-3-2-4-6-13)8-17-11-9(14)7-10(15)12(18-11)19-16/h7H,2-6,8,16H2,1H3,(H2,17,18,19). The van der Waals surface area contributed by atoms with Crippen LogP contribution in [0, 0.1) is 0 Å².